The molecule has 0 aliphatic heterocycles. The third-order valence-electron chi connectivity index (χ3n) is 4.90. The third kappa shape index (κ3) is 7.90. The highest BCUT2D eigenvalue weighted by molar-refractivity contribution is 5.79. The van der Waals surface area contributed by atoms with Crippen LogP contribution >= 0.6 is 0 Å². The summed E-state index contributed by atoms with van der Waals surface area (Å²) < 4.78 is 1.96. The van der Waals surface area contributed by atoms with Crippen LogP contribution in [0.4, 0.5) is 0 Å². The van der Waals surface area contributed by atoms with Gasteiger partial charge in [-0.3, -0.25) is 9.67 Å². The van der Waals surface area contributed by atoms with Crippen molar-refractivity contribution in [2.45, 2.75) is 64.5 Å². The number of hydrogen-bond donors (Lipinski definition) is 2. The van der Waals surface area contributed by atoms with E-state index in [1.807, 2.05) is 23.1 Å². The molecule has 142 valence electrons. The average molecular weight is 349 g/mol. The molecule has 0 bridgehead atoms. The lowest BCUT2D eigenvalue weighted by Crippen LogP contribution is -2.40. The van der Waals surface area contributed by atoms with E-state index < -0.39 is 0 Å². The molecule has 25 heavy (non-hydrogen) atoms. The van der Waals surface area contributed by atoms with E-state index in [0.717, 1.165) is 57.6 Å². The molecule has 1 saturated carbocycles. The zero-order chi connectivity index (χ0) is 17.7. The van der Waals surface area contributed by atoms with Crippen molar-refractivity contribution >= 4 is 5.96 Å². The molecular formula is C19H36N6. The summed E-state index contributed by atoms with van der Waals surface area (Å²) in [7, 11) is 2.28. The van der Waals surface area contributed by atoms with Crippen LogP contribution in [0.5, 0.6) is 0 Å². The number of aliphatic imine (C=N–C) groups is 1. The number of aromatic nitrogens is 2. The van der Waals surface area contributed by atoms with Crippen LogP contribution in [-0.2, 0) is 6.54 Å². The van der Waals surface area contributed by atoms with Crippen LogP contribution in [0.1, 0.15) is 51.9 Å². The minimum atomic E-state index is 0.804. The Bertz CT molecular complexity index is 464. The highest BCUT2D eigenvalue weighted by Crippen LogP contribution is 2.21. The van der Waals surface area contributed by atoms with Crippen molar-refractivity contribution in [2.24, 2.45) is 4.99 Å². The molecule has 0 radical (unpaired) electrons. The molecule has 6 heteroatoms. The van der Waals surface area contributed by atoms with E-state index in [0.29, 0.717) is 0 Å². The maximum Gasteiger partial charge on any atom is 0.191 e. The van der Waals surface area contributed by atoms with Gasteiger partial charge >= 0.3 is 0 Å². The standard InChI is InChI=1S/C19H36N6/c1-3-20-19(22-13-8-16-25-17-9-14-23-25)21-12-7-15-24(2)18-10-5-4-6-11-18/h9,14,17-18H,3-8,10-13,15-16H2,1-2H3,(H2,20,21,22). The molecule has 1 aliphatic rings. The van der Waals surface area contributed by atoms with Crippen molar-refractivity contribution in [1.82, 2.24) is 25.3 Å². The van der Waals surface area contributed by atoms with Crippen molar-refractivity contribution < 1.29 is 0 Å². The third-order valence-corrected chi connectivity index (χ3v) is 4.90. The minimum Gasteiger partial charge on any atom is -0.357 e. The van der Waals surface area contributed by atoms with Gasteiger partial charge in [-0.2, -0.15) is 5.10 Å². The van der Waals surface area contributed by atoms with E-state index >= 15 is 0 Å². The molecule has 0 aromatic carbocycles. The molecule has 1 aliphatic carbocycles. The topological polar surface area (TPSA) is 57.5 Å². The molecular weight excluding hydrogens is 312 g/mol. The van der Waals surface area contributed by atoms with Crippen LogP contribution in [-0.4, -0.2) is 59.9 Å². The van der Waals surface area contributed by atoms with Gasteiger partial charge < -0.3 is 15.5 Å². The number of nitrogens with zero attached hydrogens (tertiary/aromatic N) is 4. The normalized spacial score (nSPS) is 16.4. The lowest BCUT2D eigenvalue weighted by molar-refractivity contribution is 0.190. The molecule has 0 spiro atoms. The molecule has 0 unspecified atom stereocenters. The summed E-state index contributed by atoms with van der Waals surface area (Å²) in [6, 6.07) is 2.76. The Morgan fingerprint density at radius 1 is 1.24 bits per heavy atom. The predicted molar refractivity (Wildman–Crippen MR) is 105 cm³/mol. The van der Waals surface area contributed by atoms with E-state index in [4.69, 9.17) is 0 Å². The molecule has 0 saturated heterocycles. The monoisotopic (exact) mass is 348 g/mol. The second-order valence-electron chi connectivity index (χ2n) is 6.94. The average Bonchev–Trinajstić information content (AvgIpc) is 3.16. The second-order valence-corrected chi connectivity index (χ2v) is 6.94. The van der Waals surface area contributed by atoms with Crippen molar-refractivity contribution in [3.8, 4) is 0 Å². The first-order valence-electron chi connectivity index (χ1n) is 9.99. The number of rotatable bonds is 10. The van der Waals surface area contributed by atoms with E-state index in [2.05, 4.69) is 39.6 Å². The molecule has 1 aromatic heterocycles. The number of guanidine groups is 1. The lowest BCUT2D eigenvalue weighted by atomic mass is 9.94. The van der Waals surface area contributed by atoms with Gasteiger partial charge in [-0.15, -0.1) is 0 Å². The first kappa shape index (κ1) is 19.8. The van der Waals surface area contributed by atoms with Gasteiger partial charge in [0.25, 0.3) is 0 Å². The Kier molecular flexibility index (Phi) is 9.41. The molecule has 2 N–H and O–H groups in total. The number of aryl methyl sites for hydroxylation is 1. The maximum atomic E-state index is 4.66. The van der Waals surface area contributed by atoms with Gasteiger partial charge in [0.2, 0.25) is 0 Å². The van der Waals surface area contributed by atoms with Gasteiger partial charge in [-0.25, -0.2) is 0 Å². The fourth-order valence-corrected chi connectivity index (χ4v) is 3.44. The van der Waals surface area contributed by atoms with Crippen molar-refractivity contribution in [3.05, 3.63) is 18.5 Å². The van der Waals surface area contributed by atoms with Gasteiger partial charge in [-0.05, 0) is 52.3 Å². The molecule has 0 amide bonds. The minimum absolute atomic E-state index is 0.804. The van der Waals surface area contributed by atoms with Crippen molar-refractivity contribution in [1.29, 1.82) is 0 Å². The summed E-state index contributed by atoms with van der Waals surface area (Å²) in [5.41, 5.74) is 0. The van der Waals surface area contributed by atoms with Crippen LogP contribution < -0.4 is 10.6 Å². The summed E-state index contributed by atoms with van der Waals surface area (Å²) in [5.74, 6) is 0.934. The Hall–Kier alpha value is -1.56. The second kappa shape index (κ2) is 11.9. The summed E-state index contributed by atoms with van der Waals surface area (Å²) in [6.45, 7) is 6.88. The van der Waals surface area contributed by atoms with Crippen LogP contribution in [0.15, 0.2) is 23.5 Å². The summed E-state index contributed by atoms with van der Waals surface area (Å²) >= 11 is 0. The van der Waals surface area contributed by atoms with Gasteiger partial charge in [0.1, 0.15) is 0 Å². The number of nitrogens with one attached hydrogen (secondary N) is 2. The van der Waals surface area contributed by atoms with E-state index in [9.17, 15) is 0 Å². The zero-order valence-electron chi connectivity index (χ0n) is 16.1. The molecule has 1 heterocycles. The fourth-order valence-electron chi connectivity index (χ4n) is 3.44. The Morgan fingerprint density at radius 3 is 2.80 bits per heavy atom. The molecule has 0 atom stereocenters. The Morgan fingerprint density at radius 2 is 2.08 bits per heavy atom. The zero-order valence-corrected chi connectivity index (χ0v) is 16.1. The first-order valence-corrected chi connectivity index (χ1v) is 9.99. The predicted octanol–water partition coefficient (Wildman–Crippen LogP) is 2.48. The smallest absolute Gasteiger partial charge is 0.191 e. The molecule has 1 aromatic rings. The van der Waals surface area contributed by atoms with Gasteiger partial charge in [0.15, 0.2) is 5.96 Å². The Balaban J connectivity index is 1.60. The lowest BCUT2D eigenvalue weighted by Gasteiger charge is -2.31. The Labute approximate surface area is 153 Å². The number of hydrogen-bond acceptors (Lipinski definition) is 3. The van der Waals surface area contributed by atoms with Crippen LogP contribution in [0.2, 0.25) is 0 Å². The van der Waals surface area contributed by atoms with E-state index in [1.165, 1.54) is 32.1 Å². The van der Waals surface area contributed by atoms with E-state index in [1.54, 1.807) is 0 Å². The van der Waals surface area contributed by atoms with Crippen LogP contribution in [0.25, 0.3) is 0 Å². The van der Waals surface area contributed by atoms with Crippen molar-refractivity contribution in [3.63, 3.8) is 0 Å². The SMILES string of the molecule is CCNC(=NCCCn1cccn1)NCCCN(C)C1CCCCC1. The molecule has 1 fully saturated rings. The summed E-state index contributed by atoms with van der Waals surface area (Å²) in [5, 5.41) is 11.0. The van der Waals surface area contributed by atoms with Gasteiger partial charge in [0.05, 0.1) is 0 Å². The fraction of sp³-hybridized carbons (Fsp3) is 0.789. The highest BCUT2D eigenvalue weighted by Gasteiger charge is 2.17. The maximum absolute atomic E-state index is 4.66. The van der Waals surface area contributed by atoms with Crippen molar-refractivity contribution in [2.75, 3.05) is 33.2 Å². The van der Waals surface area contributed by atoms with Gasteiger partial charge in [0, 0.05) is 44.6 Å². The summed E-state index contributed by atoms with van der Waals surface area (Å²) in [6.07, 6.45) is 13.0. The van der Waals surface area contributed by atoms with E-state index in [-0.39, 0.29) is 0 Å². The van der Waals surface area contributed by atoms with Crippen LogP contribution in [0, 0.1) is 0 Å². The molecule has 6 nitrogen and oxygen atoms in total. The highest BCUT2D eigenvalue weighted by atomic mass is 15.3. The van der Waals surface area contributed by atoms with Gasteiger partial charge in [-0.1, -0.05) is 19.3 Å². The summed E-state index contributed by atoms with van der Waals surface area (Å²) in [4.78, 5) is 7.21. The van der Waals surface area contributed by atoms with Crippen LogP contribution in [0.3, 0.4) is 0 Å². The first-order chi connectivity index (χ1) is 12.3. The largest absolute Gasteiger partial charge is 0.357 e. The quantitative estimate of drug-likeness (QED) is 0.387. The molecule has 2 rings (SSSR count).